The van der Waals surface area contributed by atoms with Gasteiger partial charge in [-0.1, -0.05) is 27.2 Å². The van der Waals surface area contributed by atoms with Gasteiger partial charge in [-0.3, -0.25) is 0 Å². The van der Waals surface area contributed by atoms with E-state index >= 15 is 0 Å². The fourth-order valence-corrected chi connectivity index (χ4v) is 7.59. The zero-order chi connectivity index (χ0) is 17.3. The first-order valence-corrected chi connectivity index (χ1v) is 10.8. The van der Waals surface area contributed by atoms with Crippen LogP contribution in [0, 0.1) is 22.7 Å². The molecule has 1 heterocycles. The summed E-state index contributed by atoms with van der Waals surface area (Å²) in [7, 11) is -3.47. The average molecular weight is 356 g/mol. The van der Waals surface area contributed by atoms with Gasteiger partial charge < -0.3 is 9.84 Å². The molecule has 1 aliphatic heterocycles. The van der Waals surface area contributed by atoms with Crippen LogP contribution in [-0.2, 0) is 14.8 Å². The molecule has 0 aromatic carbocycles. The molecule has 0 radical (unpaired) electrons. The van der Waals surface area contributed by atoms with Gasteiger partial charge in [-0.2, -0.15) is 0 Å². The molecule has 4 rings (SSSR count). The summed E-state index contributed by atoms with van der Waals surface area (Å²) in [6, 6.07) is 0. The molecule has 24 heavy (non-hydrogen) atoms. The number of aliphatic hydroxyl groups is 1. The van der Waals surface area contributed by atoms with Gasteiger partial charge in [-0.05, 0) is 54.8 Å². The van der Waals surface area contributed by atoms with Gasteiger partial charge >= 0.3 is 0 Å². The highest BCUT2D eigenvalue weighted by atomic mass is 32.2. The summed E-state index contributed by atoms with van der Waals surface area (Å²) in [4.78, 5) is 0. The van der Waals surface area contributed by atoms with Gasteiger partial charge in [0.05, 0.1) is 6.10 Å². The van der Waals surface area contributed by atoms with Crippen LogP contribution >= 0.6 is 0 Å². The molecule has 2 unspecified atom stereocenters. The molecule has 3 fully saturated rings. The SMILES string of the molecule is CC1(C)[C@@H]2CC[C@@]1(C)[C@H](O)[C@@H]2CC1=NS(=O)(=O)C2CCCCC2O1. The maximum Gasteiger partial charge on any atom is 0.262 e. The molecule has 6 heteroatoms. The van der Waals surface area contributed by atoms with Crippen molar-refractivity contribution in [3.8, 4) is 0 Å². The molecule has 3 saturated carbocycles. The Bertz CT molecular complexity index is 671. The first-order chi connectivity index (χ1) is 11.2. The smallest absolute Gasteiger partial charge is 0.262 e. The first-order valence-electron chi connectivity index (χ1n) is 9.34. The number of hydrogen-bond acceptors (Lipinski definition) is 4. The maximum atomic E-state index is 12.5. The van der Waals surface area contributed by atoms with Crippen LogP contribution in [0.4, 0.5) is 0 Å². The Balaban J connectivity index is 1.59. The van der Waals surface area contributed by atoms with E-state index in [9.17, 15) is 13.5 Å². The minimum absolute atomic E-state index is 0.0489. The lowest BCUT2D eigenvalue weighted by atomic mass is 9.70. The summed E-state index contributed by atoms with van der Waals surface area (Å²) in [6.45, 7) is 6.66. The second-order valence-electron chi connectivity index (χ2n) is 9.08. The maximum absolute atomic E-state index is 12.5. The molecule has 136 valence electrons. The molecular formula is C18H29NO4S. The Morgan fingerprint density at radius 1 is 1.21 bits per heavy atom. The van der Waals surface area contributed by atoms with Crippen LogP contribution in [0.5, 0.6) is 0 Å². The number of ether oxygens (including phenoxy) is 1. The third-order valence-electron chi connectivity index (χ3n) is 7.90. The standard InChI is InChI=1S/C18H29NO4S/c1-17(2)12-8-9-18(17,3)16(20)11(12)10-15-19-24(21,22)14-7-5-4-6-13(14)23-15/h11-14,16,20H,4-10H2,1-3H3/t11-,12-,13?,14?,16-,18+/m1/s1. The van der Waals surface area contributed by atoms with E-state index in [1.54, 1.807) is 0 Å². The lowest BCUT2D eigenvalue weighted by Gasteiger charge is -2.38. The zero-order valence-corrected chi connectivity index (χ0v) is 15.7. The van der Waals surface area contributed by atoms with Crippen molar-refractivity contribution < 1.29 is 18.3 Å². The fourth-order valence-electron chi connectivity index (χ4n) is 6.02. The van der Waals surface area contributed by atoms with Gasteiger partial charge in [0.2, 0.25) is 5.90 Å². The summed E-state index contributed by atoms with van der Waals surface area (Å²) in [6.07, 6.45) is 5.34. The largest absolute Gasteiger partial charge is 0.475 e. The van der Waals surface area contributed by atoms with Gasteiger partial charge in [0.1, 0.15) is 11.4 Å². The van der Waals surface area contributed by atoms with E-state index in [1.807, 2.05) is 0 Å². The normalized spacial score (nSPS) is 48.5. The molecule has 0 aromatic rings. The summed E-state index contributed by atoms with van der Waals surface area (Å²) < 4.78 is 35.0. The minimum atomic E-state index is -3.47. The quantitative estimate of drug-likeness (QED) is 0.826. The van der Waals surface area contributed by atoms with E-state index < -0.39 is 21.4 Å². The van der Waals surface area contributed by atoms with Crippen LogP contribution in [0.25, 0.3) is 0 Å². The predicted molar refractivity (Wildman–Crippen MR) is 92.2 cm³/mol. The van der Waals surface area contributed by atoms with Gasteiger partial charge in [0.25, 0.3) is 10.0 Å². The van der Waals surface area contributed by atoms with Crippen molar-refractivity contribution in [1.29, 1.82) is 0 Å². The molecule has 1 N–H and O–H groups in total. The van der Waals surface area contributed by atoms with E-state index in [0.29, 0.717) is 24.7 Å². The third-order valence-corrected chi connectivity index (χ3v) is 9.66. The average Bonchev–Trinajstić information content (AvgIpc) is 2.81. The van der Waals surface area contributed by atoms with Crippen LogP contribution in [0.3, 0.4) is 0 Å². The number of rotatable bonds is 2. The van der Waals surface area contributed by atoms with Crippen LogP contribution in [-0.4, -0.2) is 36.9 Å². The molecular weight excluding hydrogens is 326 g/mol. The summed E-state index contributed by atoms with van der Waals surface area (Å²) in [5.74, 6) is 0.789. The highest BCUT2D eigenvalue weighted by Gasteiger charge is 2.65. The second kappa shape index (κ2) is 5.19. The Morgan fingerprint density at radius 2 is 1.92 bits per heavy atom. The number of sulfonamides is 1. The highest BCUT2D eigenvalue weighted by molar-refractivity contribution is 7.91. The van der Waals surface area contributed by atoms with Gasteiger partial charge in [0.15, 0.2) is 0 Å². The molecule has 2 bridgehead atoms. The van der Waals surface area contributed by atoms with Crippen molar-refractivity contribution in [2.45, 2.75) is 83.2 Å². The van der Waals surface area contributed by atoms with E-state index in [4.69, 9.17) is 4.74 Å². The molecule has 5 nitrogen and oxygen atoms in total. The Kier molecular flexibility index (Phi) is 3.64. The molecule has 6 atom stereocenters. The Morgan fingerprint density at radius 3 is 2.58 bits per heavy atom. The topological polar surface area (TPSA) is 76.0 Å². The molecule has 0 spiro atoms. The Hall–Kier alpha value is -0.620. The number of nitrogens with zero attached hydrogens (tertiary/aromatic N) is 1. The number of fused-ring (bicyclic) bond motifs is 3. The molecule has 4 aliphatic rings. The van der Waals surface area contributed by atoms with Crippen molar-refractivity contribution in [3.05, 3.63) is 0 Å². The second-order valence-corrected chi connectivity index (χ2v) is 10.9. The van der Waals surface area contributed by atoms with Crippen molar-refractivity contribution in [2.24, 2.45) is 27.1 Å². The monoisotopic (exact) mass is 355 g/mol. The summed E-state index contributed by atoms with van der Waals surface area (Å²) >= 11 is 0. The van der Waals surface area contributed by atoms with E-state index in [-0.39, 0.29) is 22.9 Å². The van der Waals surface area contributed by atoms with E-state index in [0.717, 1.165) is 32.1 Å². The minimum Gasteiger partial charge on any atom is -0.475 e. The molecule has 0 saturated heterocycles. The molecule has 0 aromatic heterocycles. The van der Waals surface area contributed by atoms with Crippen molar-refractivity contribution in [3.63, 3.8) is 0 Å². The van der Waals surface area contributed by atoms with Gasteiger partial charge in [-0.25, -0.2) is 8.42 Å². The third kappa shape index (κ3) is 2.14. The number of aliphatic hydroxyl groups excluding tert-OH is 1. The van der Waals surface area contributed by atoms with Crippen LogP contribution in [0.15, 0.2) is 4.40 Å². The molecule has 0 amide bonds. The first kappa shape index (κ1) is 16.8. The highest BCUT2D eigenvalue weighted by Crippen LogP contribution is 2.68. The lowest BCUT2D eigenvalue weighted by Crippen LogP contribution is -2.44. The molecule has 3 aliphatic carbocycles. The predicted octanol–water partition coefficient (Wildman–Crippen LogP) is 2.88. The lowest BCUT2D eigenvalue weighted by molar-refractivity contribution is -0.0105. The Labute approximate surface area is 144 Å². The van der Waals surface area contributed by atoms with Gasteiger partial charge in [-0.15, -0.1) is 4.40 Å². The van der Waals surface area contributed by atoms with Crippen LogP contribution < -0.4 is 0 Å². The summed E-state index contributed by atoms with van der Waals surface area (Å²) in [5, 5.41) is 10.4. The summed E-state index contributed by atoms with van der Waals surface area (Å²) in [5.41, 5.74) is -0.0254. The number of hydrogen-bond donors (Lipinski definition) is 1. The van der Waals surface area contributed by atoms with Crippen molar-refractivity contribution in [2.75, 3.05) is 0 Å². The van der Waals surface area contributed by atoms with Gasteiger partial charge in [0, 0.05) is 6.42 Å². The van der Waals surface area contributed by atoms with Crippen molar-refractivity contribution >= 4 is 15.9 Å². The zero-order valence-electron chi connectivity index (χ0n) is 14.9. The van der Waals surface area contributed by atoms with Crippen LogP contribution in [0.1, 0.15) is 65.7 Å². The van der Waals surface area contributed by atoms with Crippen LogP contribution in [0.2, 0.25) is 0 Å². The fraction of sp³-hybridized carbons (Fsp3) is 0.944. The van der Waals surface area contributed by atoms with E-state index in [1.165, 1.54) is 0 Å². The van der Waals surface area contributed by atoms with Crippen molar-refractivity contribution in [1.82, 2.24) is 0 Å². The van der Waals surface area contributed by atoms with E-state index in [2.05, 4.69) is 25.2 Å².